The Morgan fingerprint density at radius 3 is 2.25 bits per heavy atom. The average molecular weight is 539 g/mol. The topological polar surface area (TPSA) is 67.9 Å². The van der Waals surface area contributed by atoms with Crippen LogP contribution in [0.5, 0.6) is 5.75 Å². The standard InChI is InChI=1S/C34H38N2O4/c1-34(2,3)26-14-10-23(11-15-26)21-35-33(38)36-27-16-19-30(36)31(32(37)39-4)29(20-27)25-12-17-28(18-13-25)40-22-24-8-6-5-7-9-24/h5-15,17-18,27,30H,16,19-22H2,1-4H3,(H,35,38)/t27-,30+/m0/s1. The first-order valence-corrected chi connectivity index (χ1v) is 14.0. The molecule has 2 aliphatic heterocycles. The van der Waals surface area contributed by atoms with E-state index >= 15 is 0 Å². The van der Waals surface area contributed by atoms with E-state index < -0.39 is 0 Å². The minimum Gasteiger partial charge on any atom is -0.489 e. The number of hydrogen-bond donors (Lipinski definition) is 1. The second kappa shape index (κ2) is 11.6. The summed E-state index contributed by atoms with van der Waals surface area (Å²) >= 11 is 0. The molecule has 0 unspecified atom stereocenters. The number of hydrogen-bond acceptors (Lipinski definition) is 4. The number of methoxy groups -OCH3 is 1. The first-order valence-electron chi connectivity index (χ1n) is 14.0. The molecule has 0 spiro atoms. The number of urea groups is 1. The van der Waals surface area contributed by atoms with Crippen LogP contribution in [-0.2, 0) is 28.1 Å². The zero-order chi connectivity index (χ0) is 28.3. The molecule has 208 valence electrons. The number of benzene rings is 3. The molecule has 2 bridgehead atoms. The minimum atomic E-state index is -0.375. The third-order valence-corrected chi connectivity index (χ3v) is 7.96. The predicted octanol–water partition coefficient (Wildman–Crippen LogP) is 6.64. The normalized spacial score (nSPS) is 18.4. The van der Waals surface area contributed by atoms with E-state index in [0.29, 0.717) is 25.1 Å². The lowest BCUT2D eigenvalue weighted by Gasteiger charge is -2.37. The van der Waals surface area contributed by atoms with Crippen LogP contribution in [0.2, 0.25) is 0 Å². The summed E-state index contributed by atoms with van der Waals surface area (Å²) in [6.07, 6.45) is 2.20. The number of fused-ring (bicyclic) bond motifs is 2. The van der Waals surface area contributed by atoms with Gasteiger partial charge in [0.05, 0.1) is 18.7 Å². The number of carbonyl (C=O) groups excluding carboxylic acids is 2. The lowest BCUT2D eigenvalue weighted by Crippen LogP contribution is -2.50. The Labute approximate surface area is 237 Å². The molecule has 0 saturated carbocycles. The van der Waals surface area contributed by atoms with Crippen molar-refractivity contribution >= 4 is 17.6 Å². The van der Waals surface area contributed by atoms with Crippen LogP contribution in [-0.4, -0.2) is 36.1 Å². The Morgan fingerprint density at radius 1 is 0.900 bits per heavy atom. The van der Waals surface area contributed by atoms with Crippen molar-refractivity contribution < 1.29 is 19.1 Å². The number of esters is 1. The fraction of sp³-hybridized carbons (Fsp3) is 0.353. The van der Waals surface area contributed by atoms with Gasteiger partial charge in [-0.15, -0.1) is 0 Å². The Morgan fingerprint density at radius 2 is 1.60 bits per heavy atom. The Hall–Kier alpha value is -4.06. The van der Waals surface area contributed by atoms with Gasteiger partial charge in [-0.25, -0.2) is 9.59 Å². The molecule has 5 rings (SSSR count). The molecule has 3 aromatic rings. The van der Waals surface area contributed by atoms with E-state index in [9.17, 15) is 9.59 Å². The Balaban J connectivity index is 1.30. The summed E-state index contributed by atoms with van der Waals surface area (Å²) in [5, 5.41) is 3.09. The van der Waals surface area contributed by atoms with Crippen molar-refractivity contribution in [1.29, 1.82) is 0 Å². The molecule has 2 aliphatic rings. The van der Waals surface area contributed by atoms with Gasteiger partial charge in [0.15, 0.2) is 0 Å². The molecule has 0 aliphatic carbocycles. The Bertz CT molecular complexity index is 1370. The molecular formula is C34H38N2O4. The number of nitrogens with zero attached hydrogens (tertiary/aromatic N) is 1. The van der Waals surface area contributed by atoms with E-state index in [1.165, 1.54) is 12.7 Å². The highest BCUT2D eigenvalue weighted by atomic mass is 16.5. The van der Waals surface area contributed by atoms with Gasteiger partial charge in [0.2, 0.25) is 0 Å². The highest BCUT2D eigenvalue weighted by Gasteiger charge is 2.46. The van der Waals surface area contributed by atoms with Gasteiger partial charge in [-0.2, -0.15) is 0 Å². The number of rotatable bonds is 7. The van der Waals surface area contributed by atoms with Crippen LogP contribution in [0.3, 0.4) is 0 Å². The fourth-order valence-electron chi connectivity index (χ4n) is 5.75. The quantitative estimate of drug-likeness (QED) is 0.343. The third-order valence-electron chi connectivity index (χ3n) is 7.96. The van der Waals surface area contributed by atoms with Crippen LogP contribution in [0, 0.1) is 0 Å². The zero-order valence-electron chi connectivity index (χ0n) is 23.8. The summed E-state index contributed by atoms with van der Waals surface area (Å²) in [6, 6.07) is 25.9. The van der Waals surface area contributed by atoms with E-state index in [0.717, 1.165) is 40.9 Å². The highest BCUT2D eigenvalue weighted by molar-refractivity contribution is 6.01. The molecular weight excluding hydrogens is 500 g/mol. The van der Waals surface area contributed by atoms with E-state index in [1.807, 2.05) is 59.5 Å². The first-order chi connectivity index (χ1) is 19.2. The van der Waals surface area contributed by atoms with Crippen molar-refractivity contribution in [3.8, 4) is 5.75 Å². The molecule has 2 atom stereocenters. The molecule has 2 heterocycles. The lowest BCUT2D eigenvalue weighted by atomic mass is 9.87. The van der Waals surface area contributed by atoms with Gasteiger partial charge in [-0.05, 0) is 64.6 Å². The predicted molar refractivity (Wildman–Crippen MR) is 157 cm³/mol. The molecule has 6 nitrogen and oxygen atoms in total. The van der Waals surface area contributed by atoms with Crippen molar-refractivity contribution in [3.63, 3.8) is 0 Å². The first kappa shape index (κ1) is 27.5. The van der Waals surface area contributed by atoms with Crippen molar-refractivity contribution in [2.45, 2.75) is 70.7 Å². The van der Waals surface area contributed by atoms with Gasteiger partial charge in [0, 0.05) is 12.6 Å². The van der Waals surface area contributed by atoms with Crippen LogP contribution < -0.4 is 10.1 Å². The lowest BCUT2D eigenvalue weighted by molar-refractivity contribution is -0.136. The van der Waals surface area contributed by atoms with Gasteiger partial charge >= 0.3 is 12.0 Å². The van der Waals surface area contributed by atoms with Crippen LogP contribution in [0.1, 0.15) is 62.3 Å². The summed E-state index contributed by atoms with van der Waals surface area (Å²) in [7, 11) is 1.40. The van der Waals surface area contributed by atoms with Gasteiger partial charge in [-0.3, -0.25) is 0 Å². The second-order valence-corrected chi connectivity index (χ2v) is 11.6. The number of carbonyl (C=O) groups is 2. The number of nitrogens with one attached hydrogen (secondary N) is 1. The van der Waals surface area contributed by atoms with E-state index in [1.54, 1.807) is 0 Å². The monoisotopic (exact) mass is 538 g/mol. The van der Waals surface area contributed by atoms with E-state index in [2.05, 4.69) is 50.4 Å². The Kier molecular flexibility index (Phi) is 7.97. The van der Waals surface area contributed by atoms with Crippen molar-refractivity contribution in [1.82, 2.24) is 10.2 Å². The molecule has 1 N–H and O–H groups in total. The molecule has 0 aromatic heterocycles. The molecule has 1 fully saturated rings. The van der Waals surface area contributed by atoms with Crippen LogP contribution >= 0.6 is 0 Å². The maximum atomic E-state index is 13.4. The third kappa shape index (κ3) is 5.91. The van der Waals surface area contributed by atoms with E-state index in [-0.39, 0.29) is 29.5 Å². The second-order valence-electron chi connectivity index (χ2n) is 11.6. The van der Waals surface area contributed by atoms with Crippen molar-refractivity contribution in [2.24, 2.45) is 0 Å². The van der Waals surface area contributed by atoms with Crippen molar-refractivity contribution in [2.75, 3.05) is 7.11 Å². The summed E-state index contributed by atoms with van der Waals surface area (Å²) in [6.45, 7) is 7.49. The SMILES string of the molecule is COC(=O)C1=C(c2ccc(OCc3ccccc3)cc2)C[C@@H]2CC[C@H]1N2C(=O)NCc1ccc(C(C)(C)C)cc1. The zero-order valence-corrected chi connectivity index (χ0v) is 23.8. The largest absolute Gasteiger partial charge is 0.489 e. The van der Waals surface area contributed by atoms with Crippen LogP contribution in [0.25, 0.3) is 5.57 Å². The van der Waals surface area contributed by atoms with Gasteiger partial charge < -0.3 is 19.7 Å². The molecule has 6 heteroatoms. The summed E-state index contributed by atoms with van der Waals surface area (Å²) < 4.78 is 11.2. The molecule has 40 heavy (non-hydrogen) atoms. The highest BCUT2D eigenvalue weighted by Crippen LogP contribution is 2.43. The smallest absolute Gasteiger partial charge is 0.336 e. The molecule has 2 amide bonds. The van der Waals surface area contributed by atoms with Crippen molar-refractivity contribution in [3.05, 3.63) is 107 Å². The number of amides is 2. The minimum absolute atomic E-state index is 0.0330. The van der Waals surface area contributed by atoms with Crippen LogP contribution in [0.4, 0.5) is 4.79 Å². The summed E-state index contributed by atoms with van der Waals surface area (Å²) in [5.41, 5.74) is 5.99. The van der Waals surface area contributed by atoms with Gasteiger partial charge in [-0.1, -0.05) is 87.5 Å². The number of ether oxygens (including phenoxy) is 2. The average Bonchev–Trinajstić information content (AvgIpc) is 3.28. The maximum absolute atomic E-state index is 13.4. The van der Waals surface area contributed by atoms with E-state index in [4.69, 9.17) is 9.47 Å². The van der Waals surface area contributed by atoms with Gasteiger partial charge in [0.1, 0.15) is 12.4 Å². The fourth-order valence-corrected chi connectivity index (χ4v) is 5.75. The molecule has 1 saturated heterocycles. The van der Waals surface area contributed by atoms with Gasteiger partial charge in [0.25, 0.3) is 0 Å². The molecule has 3 aromatic carbocycles. The summed E-state index contributed by atoms with van der Waals surface area (Å²) in [5.74, 6) is 0.392. The summed E-state index contributed by atoms with van der Waals surface area (Å²) in [4.78, 5) is 28.3. The van der Waals surface area contributed by atoms with Crippen LogP contribution in [0.15, 0.2) is 84.4 Å². The molecule has 0 radical (unpaired) electrons. The maximum Gasteiger partial charge on any atom is 0.336 e.